The van der Waals surface area contributed by atoms with E-state index < -0.39 is 6.10 Å². The van der Waals surface area contributed by atoms with E-state index in [9.17, 15) is 5.11 Å². The summed E-state index contributed by atoms with van der Waals surface area (Å²) in [6.45, 7) is 1.89. The number of hydrogen-bond acceptors (Lipinski definition) is 5. The van der Waals surface area contributed by atoms with E-state index in [0.29, 0.717) is 17.2 Å². The maximum absolute atomic E-state index is 11.3. The van der Waals surface area contributed by atoms with E-state index in [0.717, 1.165) is 53.0 Å². The van der Waals surface area contributed by atoms with Gasteiger partial charge < -0.3 is 20.3 Å². The predicted molar refractivity (Wildman–Crippen MR) is 107 cm³/mol. The van der Waals surface area contributed by atoms with Crippen LogP contribution in [0.3, 0.4) is 0 Å². The van der Waals surface area contributed by atoms with Crippen LogP contribution in [0.2, 0.25) is 0 Å². The summed E-state index contributed by atoms with van der Waals surface area (Å²) in [5.74, 6) is 1.40. The molecule has 0 saturated carbocycles. The van der Waals surface area contributed by atoms with Crippen molar-refractivity contribution in [2.75, 3.05) is 26.5 Å². The van der Waals surface area contributed by atoms with Gasteiger partial charge in [-0.3, -0.25) is 4.90 Å². The van der Waals surface area contributed by atoms with Gasteiger partial charge in [0.25, 0.3) is 0 Å². The van der Waals surface area contributed by atoms with Gasteiger partial charge in [-0.15, -0.1) is 0 Å². The van der Waals surface area contributed by atoms with Gasteiger partial charge in [0.15, 0.2) is 11.5 Å². The summed E-state index contributed by atoms with van der Waals surface area (Å²) in [6.07, 6.45) is 1.69. The minimum atomic E-state index is -0.486. The first-order valence-electron chi connectivity index (χ1n) is 9.44. The number of nitrogens with two attached hydrogens (primary N) is 1. The Morgan fingerprint density at radius 2 is 1.70 bits per heavy atom. The van der Waals surface area contributed by atoms with Crippen molar-refractivity contribution < 1.29 is 14.6 Å². The molecule has 3 aromatic carbocycles. The van der Waals surface area contributed by atoms with E-state index in [1.54, 1.807) is 14.2 Å². The third kappa shape index (κ3) is 2.32. The number of fused-ring (bicyclic) bond motifs is 7. The summed E-state index contributed by atoms with van der Waals surface area (Å²) in [4.78, 5) is 2.41. The predicted octanol–water partition coefficient (Wildman–Crippen LogP) is 3.60. The first-order valence-corrected chi connectivity index (χ1v) is 9.44. The lowest BCUT2D eigenvalue weighted by Crippen LogP contribution is -2.39. The summed E-state index contributed by atoms with van der Waals surface area (Å²) >= 11 is 0. The molecule has 2 atom stereocenters. The Morgan fingerprint density at radius 3 is 2.44 bits per heavy atom. The molecule has 27 heavy (non-hydrogen) atoms. The minimum absolute atomic E-state index is 0.204. The van der Waals surface area contributed by atoms with Crippen LogP contribution in [0.1, 0.15) is 30.1 Å². The Balaban J connectivity index is 1.93. The van der Waals surface area contributed by atoms with E-state index in [2.05, 4.69) is 4.90 Å². The highest BCUT2D eigenvalue weighted by atomic mass is 16.5. The van der Waals surface area contributed by atoms with Gasteiger partial charge in [0, 0.05) is 18.3 Å². The second-order valence-electron chi connectivity index (χ2n) is 7.57. The molecule has 140 valence electrons. The van der Waals surface area contributed by atoms with Crippen molar-refractivity contribution in [3.63, 3.8) is 0 Å². The van der Waals surface area contributed by atoms with Crippen molar-refractivity contribution in [2.24, 2.45) is 0 Å². The van der Waals surface area contributed by atoms with Gasteiger partial charge in [-0.2, -0.15) is 0 Å². The normalized spacial score (nSPS) is 22.0. The van der Waals surface area contributed by atoms with E-state index in [1.807, 2.05) is 30.3 Å². The SMILES string of the molecule is COc1cc2c3c(c4ccc(N)cc4c2cc1OC)[C@H](O)[C@@H]1CCCN1C3. The summed E-state index contributed by atoms with van der Waals surface area (Å²) < 4.78 is 11.1. The number of aliphatic hydroxyl groups excluding tert-OH is 1. The summed E-state index contributed by atoms with van der Waals surface area (Å²) in [6, 6.07) is 10.2. The number of anilines is 1. The molecule has 3 N–H and O–H groups in total. The molecule has 1 fully saturated rings. The van der Waals surface area contributed by atoms with Crippen LogP contribution in [0.4, 0.5) is 5.69 Å². The van der Waals surface area contributed by atoms with Gasteiger partial charge >= 0.3 is 0 Å². The molecule has 0 bridgehead atoms. The number of rotatable bonds is 2. The molecule has 5 nitrogen and oxygen atoms in total. The molecule has 0 amide bonds. The van der Waals surface area contributed by atoms with Gasteiger partial charge in [0.2, 0.25) is 0 Å². The lowest BCUT2D eigenvalue weighted by atomic mass is 9.83. The number of methoxy groups -OCH3 is 2. The topological polar surface area (TPSA) is 68.0 Å². The Morgan fingerprint density at radius 1 is 1.00 bits per heavy atom. The molecule has 0 radical (unpaired) electrons. The zero-order chi connectivity index (χ0) is 18.7. The Kier molecular flexibility index (Phi) is 3.71. The maximum Gasteiger partial charge on any atom is 0.161 e. The molecule has 5 rings (SSSR count). The average molecular weight is 364 g/mol. The van der Waals surface area contributed by atoms with Gasteiger partial charge in [-0.1, -0.05) is 6.07 Å². The lowest BCUT2D eigenvalue weighted by molar-refractivity contribution is 0.0552. The zero-order valence-corrected chi connectivity index (χ0v) is 15.7. The molecule has 2 aliphatic rings. The first kappa shape index (κ1) is 16.7. The highest BCUT2D eigenvalue weighted by Gasteiger charge is 2.38. The van der Waals surface area contributed by atoms with Crippen LogP contribution >= 0.6 is 0 Å². The number of benzene rings is 3. The van der Waals surface area contributed by atoms with Crippen LogP contribution in [-0.4, -0.2) is 36.8 Å². The third-order valence-electron chi connectivity index (χ3n) is 6.23. The fourth-order valence-corrected chi connectivity index (χ4v) is 4.99. The molecular formula is C22H24N2O3. The van der Waals surface area contributed by atoms with E-state index in [4.69, 9.17) is 15.2 Å². The molecule has 0 unspecified atom stereocenters. The van der Waals surface area contributed by atoms with Crippen LogP contribution in [0.25, 0.3) is 21.5 Å². The number of nitrogen functional groups attached to an aromatic ring is 1. The fraction of sp³-hybridized carbons (Fsp3) is 0.364. The van der Waals surface area contributed by atoms with Crippen LogP contribution in [-0.2, 0) is 6.54 Å². The number of nitrogens with zero attached hydrogens (tertiary/aromatic N) is 1. The van der Waals surface area contributed by atoms with Crippen LogP contribution in [0.15, 0.2) is 30.3 Å². The molecular weight excluding hydrogens is 340 g/mol. The van der Waals surface area contributed by atoms with Crippen molar-refractivity contribution in [1.29, 1.82) is 0 Å². The van der Waals surface area contributed by atoms with Crippen molar-refractivity contribution in [3.8, 4) is 11.5 Å². The lowest BCUT2D eigenvalue weighted by Gasteiger charge is -2.37. The number of aliphatic hydroxyl groups is 1. The van der Waals surface area contributed by atoms with Crippen LogP contribution in [0.5, 0.6) is 11.5 Å². The van der Waals surface area contributed by atoms with E-state index in [-0.39, 0.29) is 6.04 Å². The molecule has 2 aliphatic heterocycles. The summed E-state index contributed by atoms with van der Waals surface area (Å²) in [7, 11) is 3.30. The Hall–Kier alpha value is -2.50. The van der Waals surface area contributed by atoms with Crippen molar-refractivity contribution in [2.45, 2.75) is 31.5 Å². The molecule has 5 heteroatoms. The minimum Gasteiger partial charge on any atom is -0.493 e. The first-order chi connectivity index (χ1) is 13.1. The van der Waals surface area contributed by atoms with Crippen molar-refractivity contribution in [1.82, 2.24) is 4.90 Å². The number of ether oxygens (including phenoxy) is 2. The van der Waals surface area contributed by atoms with Gasteiger partial charge in [-0.05, 0) is 76.3 Å². The quantitative estimate of drug-likeness (QED) is 0.537. The molecule has 0 spiro atoms. The monoisotopic (exact) mass is 364 g/mol. The van der Waals surface area contributed by atoms with Gasteiger partial charge in [-0.25, -0.2) is 0 Å². The second kappa shape index (κ2) is 6.01. The standard InChI is InChI=1S/C22H24N2O3/c1-26-19-9-15-14-8-12(23)5-6-13(14)21-17(16(15)10-20(19)27-2)11-24-7-3-4-18(24)22(21)25/h5-6,8-10,18,22,25H,3-4,7,11,23H2,1-2H3/t18-,22+/m0/s1. The highest BCUT2D eigenvalue weighted by molar-refractivity contribution is 6.12. The second-order valence-corrected chi connectivity index (χ2v) is 7.57. The van der Waals surface area contributed by atoms with Gasteiger partial charge in [0.05, 0.1) is 20.3 Å². The van der Waals surface area contributed by atoms with Gasteiger partial charge in [0.1, 0.15) is 0 Å². The molecule has 2 heterocycles. The summed E-state index contributed by atoms with van der Waals surface area (Å²) in [5.41, 5.74) is 9.06. The van der Waals surface area contributed by atoms with Crippen molar-refractivity contribution >= 4 is 27.2 Å². The molecule has 0 aliphatic carbocycles. The van der Waals surface area contributed by atoms with Crippen LogP contribution < -0.4 is 15.2 Å². The molecule has 1 saturated heterocycles. The third-order valence-corrected chi connectivity index (χ3v) is 6.23. The molecule has 0 aromatic heterocycles. The van der Waals surface area contributed by atoms with E-state index >= 15 is 0 Å². The summed E-state index contributed by atoms with van der Waals surface area (Å²) in [5, 5.41) is 15.6. The highest BCUT2D eigenvalue weighted by Crippen LogP contribution is 2.47. The molecule has 3 aromatic rings. The maximum atomic E-state index is 11.3. The zero-order valence-electron chi connectivity index (χ0n) is 15.7. The van der Waals surface area contributed by atoms with E-state index in [1.165, 1.54) is 5.56 Å². The smallest absolute Gasteiger partial charge is 0.161 e. The fourth-order valence-electron chi connectivity index (χ4n) is 4.99. The Labute approximate surface area is 158 Å². The largest absolute Gasteiger partial charge is 0.493 e. The van der Waals surface area contributed by atoms with Crippen LogP contribution in [0, 0.1) is 0 Å². The van der Waals surface area contributed by atoms with Crippen molar-refractivity contribution in [3.05, 3.63) is 41.5 Å². The number of hydrogen-bond donors (Lipinski definition) is 2. The average Bonchev–Trinajstić information content (AvgIpc) is 3.16. The Bertz CT molecular complexity index is 1060.